The van der Waals surface area contributed by atoms with Gasteiger partial charge < -0.3 is 10.1 Å². The third kappa shape index (κ3) is 4.58. The first-order valence-corrected chi connectivity index (χ1v) is 8.69. The Labute approximate surface area is 157 Å². The van der Waals surface area contributed by atoms with Gasteiger partial charge in [-0.2, -0.15) is 0 Å². The Balaban J connectivity index is 1.90. The molecule has 3 aromatic rings. The minimum atomic E-state index is -0.402. The average Bonchev–Trinajstić information content (AvgIpc) is 2.67. The van der Waals surface area contributed by atoms with E-state index in [1.54, 1.807) is 37.3 Å². The smallest absolute Gasteiger partial charge is 0.338 e. The van der Waals surface area contributed by atoms with E-state index in [1.165, 1.54) is 6.08 Å². The van der Waals surface area contributed by atoms with E-state index in [2.05, 4.69) is 10.3 Å². The van der Waals surface area contributed by atoms with Crippen LogP contribution in [0.4, 0.5) is 5.69 Å². The lowest BCUT2D eigenvalue weighted by molar-refractivity contribution is -0.111. The summed E-state index contributed by atoms with van der Waals surface area (Å²) in [7, 11) is 0. The van der Waals surface area contributed by atoms with Crippen molar-refractivity contribution >= 4 is 34.5 Å². The lowest BCUT2D eigenvalue weighted by atomic mass is 10.1. The van der Waals surface area contributed by atoms with Crippen LogP contribution in [0.15, 0.2) is 60.7 Å². The quantitative estimate of drug-likeness (QED) is 0.542. The van der Waals surface area contributed by atoms with E-state index in [1.807, 2.05) is 37.3 Å². The molecule has 0 spiro atoms. The molecule has 2 aromatic carbocycles. The summed E-state index contributed by atoms with van der Waals surface area (Å²) in [5, 5.41) is 3.56. The molecule has 0 radical (unpaired) electrons. The van der Waals surface area contributed by atoms with Crippen LogP contribution in [-0.4, -0.2) is 23.5 Å². The van der Waals surface area contributed by atoms with Crippen LogP contribution < -0.4 is 5.32 Å². The number of benzene rings is 2. The third-order valence-corrected chi connectivity index (χ3v) is 3.93. The van der Waals surface area contributed by atoms with E-state index in [9.17, 15) is 9.59 Å². The molecule has 5 heteroatoms. The number of ether oxygens (including phenoxy) is 1. The number of rotatable bonds is 5. The van der Waals surface area contributed by atoms with Crippen molar-refractivity contribution in [2.45, 2.75) is 13.8 Å². The second-order valence-electron chi connectivity index (χ2n) is 6.00. The standard InChI is InChI=1S/C22H20N2O3/c1-3-27-22(26)17-10-11-19-18(14-17)20(13-15(2)23-19)24-21(25)12-9-16-7-5-4-6-8-16/h4-14H,3H2,1-2H3,(H,23,24,25)/b12-9+. The van der Waals surface area contributed by atoms with Crippen LogP contribution in [0.25, 0.3) is 17.0 Å². The molecule has 3 rings (SSSR count). The van der Waals surface area contributed by atoms with Gasteiger partial charge in [0.1, 0.15) is 0 Å². The maximum atomic E-state index is 12.4. The van der Waals surface area contributed by atoms with Gasteiger partial charge >= 0.3 is 5.97 Å². The van der Waals surface area contributed by atoms with Crippen molar-refractivity contribution in [2.75, 3.05) is 11.9 Å². The molecule has 0 atom stereocenters. The maximum absolute atomic E-state index is 12.4. The van der Waals surface area contributed by atoms with Crippen LogP contribution >= 0.6 is 0 Å². The van der Waals surface area contributed by atoms with Gasteiger partial charge in [-0.05, 0) is 49.8 Å². The largest absolute Gasteiger partial charge is 0.462 e. The molecule has 27 heavy (non-hydrogen) atoms. The van der Waals surface area contributed by atoms with Crippen molar-refractivity contribution in [3.8, 4) is 0 Å². The number of nitrogens with one attached hydrogen (secondary N) is 1. The fourth-order valence-corrected chi connectivity index (χ4v) is 2.71. The van der Waals surface area contributed by atoms with Crippen LogP contribution in [0, 0.1) is 6.92 Å². The van der Waals surface area contributed by atoms with E-state index in [0.29, 0.717) is 28.8 Å². The SMILES string of the molecule is CCOC(=O)c1ccc2nc(C)cc(NC(=O)/C=C/c3ccccc3)c2c1. The number of aryl methyl sites for hydroxylation is 1. The second kappa shape index (κ2) is 8.27. The van der Waals surface area contributed by atoms with Crippen molar-refractivity contribution < 1.29 is 14.3 Å². The van der Waals surface area contributed by atoms with E-state index in [0.717, 1.165) is 11.3 Å². The summed E-state index contributed by atoms with van der Waals surface area (Å²) < 4.78 is 5.05. The van der Waals surface area contributed by atoms with Crippen LogP contribution in [0.5, 0.6) is 0 Å². The van der Waals surface area contributed by atoms with Crippen LogP contribution in [0.3, 0.4) is 0 Å². The number of nitrogens with zero attached hydrogens (tertiary/aromatic N) is 1. The third-order valence-electron chi connectivity index (χ3n) is 3.93. The first-order chi connectivity index (χ1) is 13.1. The van der Waals surface area contributed by atoms with Gasteiger partial charge in [0, 0.05) is 17.2 Å². The van der Waals surface area contributed by atoms with Crippen molar-refractivity contribution in [2.24, 2.45) is 0 Å². The monoisotopic (exact) mass is 360 g/mol. The molecule has 1 aromatic heterocycles. The number of hydrogen-bond acceptors (Lipinski definition) is 4. The number of carbonyl (C=O) groups is 2. The molecule has 0 aliphatic carbocycles. The van der Waals surface area contributed by atoms with Crippen molar-refractivity contribution in [3.05, 3.63) is 77.5 Å². The zero-order valence-corrected chi connectivity index (χ0v) is 15.2. The Hall–Kier alpha value is -3.47. The molecule has 5 nitrogen and oxygen atoms in total. The highest BCUT2D eigenvalue weighted by Crippen LogP contribution is 2.25. The number of pyridine rings is 1. The predicted octanol–water partition coefficient (Wildman–Crippen LogP) is 4.37. The Morgan fingerprint density at radius 3 is 2.63 bits per heavy atom. The molecule has 1 N–H and O–H groups in total. The van der Waals surface area contributed by atoms with Gasteiger partial charge in [0.2, 0.25) is 5.91 Å². The molecule has 0 saturated heterocycles. The molecule has 0 aliphatic heterocycles. The Bertz CT molecular complexity index is 1010. The highest BCUT2D eigenvalue weighted by atomic mass is 16.5. The van der Waals surface area contributed by atoms with E-state index in [4.69, 9.17) is 4.74 Å². The molecule has 1 amide bonds. The zero-order chi connectivity index (χ0) is 19.2. The van der Waals surface area contributed by atoms with Crippen LogP contribution in [0.1, 0.15) is 28.5 Å². The number of hydrogen-bond donors (Lipinski definition) is 1. The van der Waals surface area contributed by atoms with Crippen LogP contribution in [-0.2, 0) is 9.53 Å². The van der Waals surface area contributed by atoms with E-state index in [-0.39, 0.29) is 5.91 Å². The van der Waals surface area contributed by atoms with Gasteiger partial charge in [0.25, 0.3) is 0 Å². The first kappa shape index (κ1) is 18.3. The molecule has 0 saturated carbocycles. The number of amides is 1. The lowest BCUT2D eigenvalue weighted by Crippen LogP contribution is -2.09. The van der Waals surface area contributed by atoms with Gasteiger partial charge in [0.15, 0.2) is 0 Å². The molecular formula is C22H20N2O3. The van der Waals surface area contributed by atoms with Gasteiger partial charge in [0.05, 0.1) is 23.4 Å². The fourth-order valence-electron chi connectivity index (χ4n) is 2.71. The zero-order valence-electron chi connectivity index (χ0n) is 15.2. The molecule has 0 aliphatic rings. The molecule has 136 valence electrons. The predicted molar refractivity (Wildman–Crippen MR) is 107 cm³/mol. The van der Waals surface area contributed by atoms with Crippen molar-refractivity contribution in [1.29, 1.82) is 0 Å². The van der Waals surface area contributed by atoms with Gasteiger partial charge in [-0.15, -0.1) is 0 Å². The number of aromatic nitrogens is 1. The highest BCUT2D eigenvalue weighted by molar-refractivity contribution is 6.08. The minimum Gasteiger partial charge on any atom is -0.462 e. The molecule has 1 heterocycles. The van der Waals surface area contributed by atoms with Gasteiger partial charge in [-0.1, -0.05) is 30.3 Å². The van der Waals surface area contributed by atoms with Crippen LogP contribution in [0.2, 0.25) is 0 Å². The summed E-state index contributed by atoms with van der Waals surface area (Å²) >= 11 is 0. The summed E-state index contributed by atoms with van der Waals surface area (Å²) in [5.74, 6) is -0.659. The number of fused-ring (bicyclic) bond motifs is 1. The first-order valence-electron chi connectivity index (χ1n) is 8.69. The fraction of sp³-hybridized carbons (Fsp3) is 0.136. The van der Waals surface area contributed by atoms with E-state index < -0.39 is 5.97 Å². The number of carbonyl (C=O) groups excluding carboxylic acids is 2. The lowest BCUT2D eigenvalue weighted by Gasteiger charge is -2.10. The molecule has 0 bridgehead atoms. The van der Waals surface area contributed by atoms with Gasteiger partial charge in [-0.25, -0.2) is 4.79 Å². The number of esters is 1. The Kier molecular flexibility index (Phi) is 5.61. The molecular weight excluding hydrogens is 340 g/mol. The van der Waals surface area contributed by atoms with Gasteiger partial charge in [-0.3, -0.25) is 9.78 Å². The minimum absolute atomic E-state index is 0.257. The summed E-state index contributed by atoms with van der Waals surface area (Å²) in [6, 6.07) is 16.5. The Morgan fingerprint density at radius 1 is 1.11 bits per heavy atom. The maximum Gasteiger partial charge on any atom is 0.338 e. The topological polar surface area (TPSA) is 68.3 Å². The number of anilines is 1. The summed E-state index contributed by atoms with van der Waals surface area (Å²) in [6.45, 7) is 3.92. The second-order valence-corrected chi connectivity index (χ2v) is 6.00. The molecule has 0 fully saturated rings. The average molecular weight is 360 g/mol. The highest BCUT2D eigenvalue weighted by Gasteiger charge is 2.11. The molecule has 0 unspecified atom stereocenters. The summed E-state index contributed by atoms with van der Waals surface area (Å²) in [5.41, 5.74) is 3.43. The normalized spacial score (nSPS) is 10.9. The Morgan fingerprint density at radius 2 is 1.89 bits per heavy atom. The van der Waals surface area contributed by atoms with E-state index >= 15 is 0 Å². The summed E-state index contributed by atoms with van der Waals surface area (Å²) in [6.07, 6.45) is 3.22. The van der Waals surface area contributed by atoms with Crippen molar-refractivity contribution in [1.82, 2.24) is 4.98 Å². The summed E-state index contributed by atoms with van der Waals surface area (Å²) in [4.78, 5) is 28.8. The van der Waals surface area contributed by atoms with Crippen molar-refractivity contribution in [3.63, 3.8) is 0 Å².